The first-order valence-electron chi connectivity index (χ1n) is 4.05. The lowest BCUT2D eigenvalue weighted by Crippen LogP contribution is -2.07. The van der Waals surface area contributed by atoms with Gasteiger partial charge in [0.25, 0.3) is 0 Å². The Morgan fingerprint density at radius 3 is 2.69 bits per heavy atom. The average Bonchev–Trinajstić information content (AvgIpc) is 2.03. The van der Waals surface area contributed by atoms with Crippen molar-refractivity contribution in [3.8, 4) is 0 Å². The van der Waals surface area contributed by atoms with Crippen LogP contribution in [0.4, 0.5) is 0 Å². The Kier molecular flexibility index (Phi) is 2.90. The van der Waals surface area contributed by atoms with Crippen LogP contribution in [0.15, 0.2) is 18.3 Å². The Morgan fingerprint density at radius 2 is 2.15 bits per heavy atom. The lowest BCUT2D eigenvalue weighted by molar-refractivity contribution is -0.116. The van der Waals surface area contributed by atoms with Gasteiger partial charge in [-0.25, -0.2) is 0 Å². The highest BCUT2D eigenvalue weighted by molar-refractivity contribution is 6.07. The van der Waals surface area contributed by atoms with Gasteiger partial charge in [0, 0.05) is 17.5 Å². The number of carbonyl (C=O) groups excluding carboxylic acids is 2. The number of aromatic nitrogens is 1. The lowest BCUT2D eigenvalue weighted by atomic mass is 10.1. The summed E-state index contributed by atoms with van der Waals surface area (Å²) < 4.78 is 0. The van der Waals surface area contributed by atoms with Gasteiger partial charge >= 0.3 is 0 Å². The number of nitrogens with zero attached hydrogens (tertiary/aromatic N) is 1. The quantitative estimate of drug-likeness (QED) is 0.520. The summed E-state index contributed by atoms with van der Waals surface area (Å²) in [5.74, 6) is -0.272. The van der Waals surface area contributed by atoms with Crippen molar-refractivity contribution in [2.75, 3.05) is 0 Å². The first-order chi connectivity index (χ1) is 6.11. The summed E-state index contributed by atoms with van der Waals surface area (Å²) >= 11 is 0. The van der Waals surface area contributed by atoms with E-state index >= 15 is 0 Å². The van der Waals surface area contributed by atoms with E-state index in [0.29, 0.717) is 11.3 Å². The Hall–Kier alpha value is -1.51. The molecule has 1 aromatic rings. The first kappa shape index (κ1) is 9.58. The van der Waals surface area contributed by atoms with E-state index in [0.717, 1.165) is 0 Å². The molecule has 0 N–H and O–H groups in total. The zero-order valence-electron chi connectivity index (χ0n) is 7.70. The first-order valence-corrected chi connectivity index (χ1v) is 4.05. The maximum Gasteiger partial charge on any atom is 0.172 e. The van der Waals surface area contributed by atoms with Gasteiger partial charge in [-0.05, 0) is 26.0 Å². The molecule has 0 amide bonds. The number of hydrogen-bond acceptors (Lipinski definition) is 3. The minimum Gasteiger partial charge on any atom is -0.300 e. The molecule has 1 aromatic heterocycles. The monoisotopic (exact) mass is 177 g/mol. The highest BCUT2D eigenvalue weighted by Crippen LogP contribution is 2.06. The van der Waals surface area contributed by atoms with Crippen LogP contribution in [0.5, 0.6) is 0 Å². The minimum atomic E-state index is -0.155. The van der Waals surface area contributed by atoms with E-state index in [1.165, 1.54) is 6.92 Å². The van der Waals surface area contributed by atoms with Crippen LogP contribution in [-0.2, 0) is 4.79 Å². The zero-order chi connectivity index (χ0) is 9.84. The minimum absolute atomic E-state index is 0.0352. The van der Waals surface area contributed by atoms with E-state index in [1.807, 2.05) is 0 Å². The van der Waals surface area contributed by atoms with Crippen LogP contribution < -0.4 is 0 Å². The summed E-state index contributed by atoms with van der Waals surface area (Å²) in [5.41, 5.74) is 1.21. The Morgan fingerprint density at radius 1 is 1.46 bits per heavy atom. The second-order valence-electron chi connectivity index (χ2n) is 2.94. The summed E-state index contributed by atoms with van der Waals surface area (Å²) in [6.07, 6.45) is 1.59. The van der Waals surface area contributed by atoms with Crippen molar-refractivity contribution in [1.29, 1.82) is 0 Å². The fourth-order valence-corrected chi connectivity index (χ4v) is 1.10. The second kappa shape index (κ2) is 3.94. The van der Waals surface area contributed by atoms with Crippen molar-refractivity contribution in [3.05, 3.63) is 29.6 Å². The van der Waals surface area contributed by atoms with E-state index in [1.54, 1.807) is 25.3 Å². The van der Waals surface area contributed by atoms with Gasteiger partial charge in [0.1, 0.15) is 5.78 Å². The number of Topliss-reactive ketones (excluding diaryl/α,β-unsaturated/α-hetero) is 2. The van der Waals surface area contributed by atoms with Gasteiger partial charge in [0.05, 0.1) is 6.42 Å². The molecule has 0 radical (unpaired) electrons. The van der Waals surface area contributed by atoms with Gasteiger partial charge in [-0.1, -0.05) is 0 Å². The molecule has 0 unspecified atom stereocenters. The normalized spacial score (nSPS) is 9.69. The van der Waals surface area contributed by atoms with Crippen molar-refractivity contribution in [1.82, 2.24) is 4.98 Å². The van der Waals surface area contributed by atoms with Gasteiger partial charge < -0.3 is 0 Å². The average molecular weight is 177 g/mol. The molecule has 0 bridgehead atoms. The fraction of sp³-hybridized carbons (Fsp3) is 0.300. The molecule has 13 heavy (non-hydrogen) atoms. The molecule has 0 fully saturated rings. The van der Waals surface area contributed by atoms with Crippen molar-refractivity contribution in [2.24, 2.45) is 0 Å². The highest BCUT2D eigenvalue weighted by Gasteiger charge is 2.10. The van der Waals surface area contributed by atoms with Gasteiger partial charge in [0.15, 0.2) is 5.78 Å². The summed E-state index contributed by atoms with van der Waals surface area (Å²) in [4.78, 5) is 26.1. The molecule has 3 nitrogen and oxygen atoms in total. The van der Waals surface area contributed by atoms with Crippen LogP contribution in [0.1, 0.15) is 29.4 Å². The molecule has 0 aliphatic heterocycles. The topological polar surface area (TPSA) is 47.0 Å². The summed E-state index contributed by atoms with van der Waals surface area (Å²) in [6.45, 7) is 3.16. The molecule has 1 rings (SSSR count). The van der Waals surface area contributed by atoms with E-state index in [4.69, 9.17) is 0 Å². The third-order valence-corrected chi connectivity index (χ3v) is 1.72. The Labute approximate surface area is 76.8 Å². The van der Waals surface area contributed by atoms with E-state index in [2.05, 4.69) is 4.98 Å². The maximum absolute atomic E-state index is 11.4. The van der Waals surface area contributed by atoms with Crippen LogP contribution in [0.2, 0.25) is 0 Å². The molecular weight excluding hydrogens is 166 g/mol. The molecule has 0 spiro atoms. The van der Waals surface area contributed by atoms with Crippen LogP contribution in [0.25, 0.3) is 0 Å². The van der Waals surface area contributed by atoms with Crippen molar-refractivity contribution in [2.45, 2.75) is 20.3 Å². The van der Waals surface area contributed by atoms with E-state index in [9.17, 15) is 9.59 Å². The number of rotatable bonds is 3. The summed E-state index contributed by atoms with van der Waals surface area (Å²) in [5, 5.41) is 0. The predicted octanol–water partition coefficient (Wildman–Crippen LogP) is 1.55. The van der Waals surface area contributed by atoms with Crippen LogP contribution in [0.3, 0.4) is 0 Å². The number of carbonyl (C=O) groups is 2. The van der Waals surface area contributed by atoms with E-state index < -0.39 is 0 Å². The fourth-order valence-electron chi connectivity index (χ4n) is 1.10. The predicted molar refractivity (Wildman–Crippen MR) is 48.6 cm³/mol. The largest absolute Gasteiger partial charge is 0.300 e. The van der Waals surface area contributed by atoms with Crippen molar-refractivity contribution < 1.29 is 9.59 Å². The Bertz CT molecular complexity index is 345. The molecule has 68 valence electrons. The van der Waals surface area contributed by atoms with Crippen molar-refractivity contribution >= 4 is 11.6 Å². The second-order valence-corrected chi connectivity index (χ2v) is 2.94. The van der Waals surface area contributed by atoms with Gasteiger partial charge in [-0.2, -0.15) is 0 Å². The van der Waals surface area contributed by atoms with Crippen LogP contribution >= 0.6 is 0 Å². The van der Waals surface area contributed by atoms with E-state index in [-0.39, 0.29) is 18.0 Å². The molecule has 0 aromatic carbocycles. The van der Waals surface area contributed by atoms with Crippen LogP contribution in [0, 0.1) is 6.92 Å². The highest BCUT2D eigenvalue weighted by atomic mass is 16.1. The molecule has 0 aliphatic carbocycles. The number of aryl methyl sites for hydroxylation is 1. The standard InChI is InChI=1S/C10H11NO2/c1-7(12)6-10(13)9-4-3-5-11-8(9)2/h3-5H,6H2,1-2H3. The zero-order valence-corrected chi connectivity index (χ0v) is 7.70. The molecule has 0 aliphatic rings. The summed E-state index contributed by atoms with van der Waals surface area (Å²) in [6, 6.07) is 3.38. The third kappa shape index (κ3) is 2.47. The molecule has 0 saturated heterocycles. The summed E-state index contributed by atoms with van der Waals surface area (Å²) in [7, 11) is 0. The van der Waals surface area contributed by atoms with Gasteiger partial charge in [-0.15, -0.1) is 0 Å². The molecule has 0 atom stereocenters. The maximum atomic E-state index is 11.4. The molecule has 3 heteroatoms. The lowest BCUT2D eigenvalue weighted by Gasteiger charge is -2.00. The number of hydrogen-bond donors (Lipinski definition) is 0. The van der Waals surface area contributed by atoms with Gasteiger partial charge in [0.2, 0.25) is 0 Å². The molecular formula is C10H11NO2. The SMILES string of the molecule is CC(=O)CC(=O)c1cccnc1C. The molecule has 1 heterocycles. The van der Waals surface area contributed by atoms with Crippen LogP contribution in [-0.4, -0.2) is 16.6 Å². The number of ketones is 2. The smallest absolute Gasteiger partial charge is 0.172 e. The number of pyridine rings is 1. The van der Waals surface area contributed by atoms with Crippen molar-refractivity contribution in [3.63, 3.8) is 0 Å². The Balaban J connectivity index is 2.89. The molecule has 0 saturated carbocycles. The third-order valence-electron chi connectivity index (χ3n) is 1.72. The van der Waals surface area contributed by atoms with Gasteiger partial charge in [-0.3, -0.25) is 14.6 Å².